The number of nitrogens with two attached hydrogens (primary N) is 1. The molecular formula is C31H50N7O17P3S. The number of carbonyl (C=O) groups is 3. The second-order valence-electron chi connectivity index (χ2n) is 13.5. The smallest absolute Gasteiger partial charge is 0.386 e. The molecule has 0 bridgehead atoms. The topological polar surface area (TPSA) is 364 Å². The minimum atomic E-state index is -5.57. The number of fused-ring (bicyclic) bond motifs is 1. The van der Waals surface area contributed by atoms with E-state index < -0.39 is 84.6 Å². The lowest BCUT2D eigenvalue weighted by molar-refractivity contribution is -0.137. The summed E-state index contributed by atoms with van der Waals surface area (Å²) >= 11 is 1.02. The number of hydrogen-bond acceptors (Lipinski definition) is 18. The van der Waals surface area contributed by atoms with Gasteiger partial charge in [0.15, 0.2) is 17.7 Å². The molecule has 1 saturated heterocycles. The number of nitrogens with zero attached hydrogens (tertiary/aromatic N) is 4. The summed E-state index contributed by atoms with van der Waals surface area (Å²) in [6.07, 6.45) is 4.28. The number of allylic oxidation sites excluding steroid dienone is 3. The van der Waals surface area contributed by atoms with Crippen LogP contribution in [-0.4, -0.2) is 123 Å². The molecule has 28 heteroatoms. The van der Waals surface area contributed by atoms with Crippen molar-refractivity contribution in [1.82, 2.24) is 30.2 Å². The fraction of sp³-hybridized carbons (Fsp3) is 0.613. The van der Waals surface area contributed by atoms with Crippen LogP contribution in [0, 0.1) is 5.41 Å². The van der Waals surface area contributed by atoms with Crippen molar-refractivity contribution >= 4 is 69.1 Å². The van der Waals surface area contributed by atoms with E-state index in [0.29, 0.717) is 5.75 Å². The van der Waals surface area contributed by atoms with Gasteiger partial charge >= 0.3 is 23.5 Å². The first kappa shape index (κ1) is 50.4. The number of thioether (sulfide) groups is 1. The summed E-state index contributed by atoms with van der Waals surface area (Å²) in [5.74, 6) is -1.15. The number of amides is 2. The predicted molar refractivity (Wildman–Crippen MR) is 210 cm³/mol. The van der Waals surface area contributed by atoms with Crippen molar-refractivity contribution in [2.45, 2.75) is 83.5 Å². The number of aliphatic hydroxyl groups excluding tert-OH is 2. The molecule has 3 heterocycles. The Balaban J connectivity index is 1.44. The molecule has 59 heavy (non-hydrogen) atoms. The third-order valence-electron chi connectivity index (χ3n) is 8.20. The first-order valence-corrected chi connectivity index (χ1v) is 23.5. The lowest BCUT2D eigenvalue weighted by Crippen LogP contribution is -2.46. The number of carbonyl (C=O) groups excluding carboxylic acids is 3. The highest BCUT2D eigenvalue weighted by Crippen LogP contribution is 2.61. The van der Waals surface area contributed by atoms with Crippen molar-refractivity contribution in [1.29, 1.82) is 0 Å². The maximum absolute atomic E-state index is 12.7. The predicted octanol–water partition coefficient (Wildman–Crippen LogP) is 1.36. The molecule has 0 aromatic carbocycles. The molecule has 2 amide bonds. The third-order valence-corrected chi connectivity index (χ3v) is 12.1. The average molecular weight is 918 g/mol. The van der Waals surface area contributed by atoms with E-state index in [2.05, 4.69) is 41.3 Å². The van der Waals surface area contributed by atoms with Gasteiger partial charge in [0.05, 0.1) is 19.5 Å². The highest BCUT2D eigenvalue weighted by atomic mass is 32.2. The molecule has 7 atom stereocenters. The van der Waals surface area contributed by atoms with Crippen LogP contribution in [0.3, 0.4) is 0 Å². The molecular weight excluding hydrogens is 867 g/mol. The van der Waals surface area contributed by atoms with Gasteiger partial charge in [0.25, 0.3) is 0 Å². The van der Waals surface area contributed by atoms with Crippen molar-refractivity contribution < 1.29 is 80.5 Å². The number of ether oxygens (including phenoxy) is 1. The molecule has 1 aliphatic heterocycles. The molecule has 1 fully saturated rings. The van der Waals surface area contributed by atoms with E-state index in [1.54, 1.807) is 6.08 Å². The number of unbranched alkanes of at least 4 members (excludes halogenated alkanes) is 3. The number of anilines is 1. The van der Waals surface area contributed by atoms with Gasteiger partial charge in [-0.15, -0.1) is 0 Å². The van der Waals surface area contributed by atoms with Crippen molar-refractivity contribution in [3.8, 4) is 0 Å². The van der Waals surface area contributed by atoms with E-state index in [1.165, 1.54) is 19.9 Å². The zero-order valence-corrected chi connectivity index (χ0v) is 35.7. The third kappa shape index (κ3) is 16.8. The number of rotatable bonds is 25. The van der Waals surface area contributed by atoms with E-state index in [-0.39, 0.29) is 41.6 Å². The summed E-state index contributed by atoms with van der Waals surface area (Å²) in [6, 6.07) is 0. The monoisotopic (exact) mass is 917 g/mol. The molecule has 0 radical (unpaired) electrons. The molecule has 0 spiro atoms. The Morgan fingerprint density at radius 2 is 1.76 bits per heavy atom. The van der Waals surface area contributed by atoms with Crippen LogP contribution < -0.4 is 16.4 Å². The normalized spacial score (nSPS) is 21.4. The number of imidazole rings is 1. The van der Waals surface area contributed by atoms with Gasteiger partial charge in [-0.3, -0.25) is 32.5 Å². The summed E-state index contributed by atoms with van der Waals surface area (Å²) in [5.41, 5.74) is 4.26. The number of phosphoric acid groups is 3. The molecule has 2 aromatic heterocycles. The van der Waals surface area contributed by atoms with Gasteiger partial charge in [-0.2, -0.15) is 4.31 Å². The van der Waals surface area contributed by atoms with E-state index in [4.69, 9.17) is 19.5 Å². The summed E-state index contributed by atoms with van der Waals surface area (Å²) in [4.78, 5) is 87.6. The highest BCUT2D eigenvalue weighted by molar-refractivity contribution is 8.14. The molecule has 1 aliphatic rings. The average Bonchev–Trinajstić information content (AvgIpc) is 3.71. The molecule has 24 nitrogen and oxygen atoms in total. The molecule has 3 rings (SSSR count). The minimum Gasteiger partial charge on any atom is -0.386 e. The molecule has 0 saturated carbocycles. The molecule has 2 unspecified atom stereocenters. The zero-order chi connectivity index (χ0) is 44.0. The van der Waals surface area contributed by atoms with Crippen molar-refractivity contribution in [3.05, 3.63) is 37.0 Å². The number of aromatic nitrogens is 4. The Morgan fingerprint density at radius 1 is 1.05 bits per heavy atom. The Morgan fingerprint density at radius 3 is 2.46 bits per heavy atom. The van der Waals surface area contributed by atoms with Gasteiger partial charge in [-0.1, -0.05) is 63.6 Å². The number of aliphatic hydroxyl groups is 2. The maximum atomic E-state index is 12.7. The van der Waals surface area contributed by atoms with Crippen molar-refractivity contribution in [3.63, 3.8) is 0 Å². The SMILES string of the molecule is CCCCCC=CC=CC(=O)SCCNC(=O)CCNC(=O)[C@H](O)C(C)(C)COP(=O)(O)OP(=O)(O)OC[C@H]1O[C@@H](n2cnc3c(N)ncnc32)[C@H](O)[C@@H]1OP(=O)(O)O. The van der Waals surface area contributed by atoms with Gasteiger partial charge in [0, 0.05) is 30.7 Å². The zero-order valence-electron chi connectivity index (χ0n) is 32.2. The molecule has 2 aromatic rings. The quantitative estimate of drug-likeness (QED) is 0.0294. The maximum Gasteiger partial charge on any atom is 0.481 e. The van der Waals surface area contributed by atoms with Crippen molar-refractivity contribution in [2.24, 2.45) is 5.41 Å². The Kier molecular flexibility index (Phi) is 19.4. The Hall–Kier alpha value is -2.96. The van der Waals surface area contributed by atoms with Gasteiger partial charge < -0.3 is 50.9 Å². The largest absolute Gasteiger partial charge is 0.481 e. The second-order valence-corrected chi connectivity index (χ2v) is 18.9. The van der Waals surface area contributed by atoms with E-state index >= 15 is 0 Å². The van der Waals surface area contributed by atoms with Crippen LogP contribution in [0.15, 0.2) is 37.0 Å². The van der Waals surface area contributed by atoms with Gasteiger partial charge in [0.1, 0.15) is 36.3 Å². The Bertz CT molecular complexity index is 1950. The Labute approximate surface area is 342 Å². The van der Waals surface area contributed by atoms with Crippen LogP contribution >= 0.6 is 35.2 Å². The van der Waals surface area contributed by atoms with E-state index in [9.17, 15) is 57.9 Å². The first-order valence-electron chi connectivity index (χ1n) is 17.9. The molecule has 10 N–H and O–H groups in total. The van der Waals surface area contributed by atoms with Gasteiger partial charge in [-0.05, 0) is 18.9 Å². The van der Waals surface area contributed by atoms with Gasteiger partial charge in [-0.25, -0.2) is 28.6 Å². The summed E-state index contributed by atoms with van der Waals surface area (Å²) in [6.45, 7) is 2.59. The lowest BCUT2D eigenvalue weighted by Gasteiger charge is -2.30. The number of nitrogens with one attached hydrogen (secondary N) is 2. The first-order chi connectivity index (χ1) is 27.6. The summed E-state index contributed by atoms with van der Waals surface area (Å²) in [5, 5.41) is 26.2. The second kappa shape index (κ2) is 22.8. The lowest BCUT2D eigenvalue weighted by atomic mass is 9.87. The van der Waals surface area contributed by atoms with E-state index in [0.717, 1.165) is 54.7 Å². The summed E-state index contributed by atoms with van der Waals surface area (Å²) in [7, 11) is -16.4. The van der Waals surface area contributed by atoms with Crippen LogP contribution in [-0.2, 0) is 50.7 Å². The fourth-order valence-corrected chi connectivity index (χ4v) is 8.56. The van der Waals surface area contributed by atoms with Crippen LogP contribution in [0.4, 0.5) is 5.82 Å². The minimum absolute atomic E-state index is 0.0300. The fourth-order valence-electron chi connectivity index (χ4n) is 5.15. The van der Waals surface area contributed by atoms with Gasteiger partial charge in [0.2, 0.25) is 16.9 Å². The van der Waals surface area contributed by atoms with Crippen LogP contribution in [0.25, 0.3) is 11.2 Å². The number of hydrogen-bond donors (Lipinski definition) is 9. The van der Waals surface area contributed by atoms with Crippen LogP contribution in [0.1, 0.15) is 59.1 Å². The highest BCUT2D eigenvalue weighted by Gasteiger charge is 2.50. The van der Waals surface area contributed by atoms with E-state index in [1.807, 2.05) is 12.2 Å². The van der Waals surface area contributed by atoms with Crippen molar-refractivity contribution in [2.75, 3.05) is 37.8 Å². The number of nitrogen functional groups attached to an aromatic ring is 1. The molecule has 332 valence electrons. The van der Waals surface area contributed by atoms with Crippen LogP contribution in [0.5, 0.6) is 0 Å². The standard InChI is InChI=1S/C31H50N7O17P3S/c1-4-5-6-7-8-9-10-11-22(40)59-15-14-33-21(39)12-13-34-29(43)26(42)31(2,3)17-52-58(49,50)55-57(47,48)51-16-20-25(54-56(44,45)46)24(41)30(53-20)38-19-37-23-27(32)35-18-36-28(23)38/h8-11,18-20,24-26,30,41-42H,4-7,12-17H2,1-3H3,(H,33,39)(H,34,43)(H,47,48)(H,49,50)(H2,32,35,36)(H2,44,45,46)/t20-,24-,25-,26+,30-/m1/s1. The summed E-state index contributed by atoms with van der Waals surface area (Å²) < 4.78 is 62.2. The number of phosphoric ester groups is 3. The van der Waals surface area contributed by atoms with Crippen LogP contribution in [0.2, 0.25) is 0 Å². The molecule has 0 aliphatic carbocycles.